The smallest absolute Gasteiger partial charge is 0.147 e. The lowest BCUT2D eigenvalue weighted by molar-refractivity contribution is -0.0299. The summed E-state index contributed by atoms with van der Waals surface area (Å²) in [7, 11) is 1.71. The topological polar surface area (TPSA) is 49.2 Å². The normalized spacial score (nSPS) is 26.0. The van der Waals surface area contributed by atoms with Crippen molar-refractivity contribution in [3.05, 3.63) is 12.2 Å². The van der Waals surface area contributed by atoms with Crippen LogP contribution in [-0.4, -0.2) is 40.7 Å². The number of halogens is 1. The maximum absolute atomic E-state index is 5.75. The molecule has 0 spiro atoms. The fourth-order valence-electron chi connectivity index (χ4n) is 1.76. The largest absolute Gasteiger partial charge is 0.378 e. The monoisotopic (exact) mass is 231 g/mol. The van der Waals surface area contributed by atoms with Crippen LogP contribution in [-0.2, 0) is 21.9 Å². The van der Waals surface area contributed by atoms with Crippen LogP contribution in [0.1, 0.15) is 12.2 Å². The first kappa shape index (κ1) is 10.9. The van der Waals surface area contributed by atoms with Crippen LogP contribution in [0.25, 0.3) is 0 Å². The van der Waals surface area contributed by atoms with Crippen molar-refractivity contribution in [3.8, 4) is 0 Å². The van der Waals surface area contributed by atoms with Crippen molar-refractivity contribution < 1.29 is 9.47 Å². The molecule has 0 radical (unpaired) electrons. The minimum atomic E-state index is -0.247. The molecule has 1 fully saturated rings. The number of nitrogens with zero attached hydrogens (tertiary/aromatic N) is 3. The zero-order valence-corrected chi connectivity index (χ0v) is 9.40. The number of methoxy groups -OCH3 is 1. The SMILES string of the molecule is COC1(Cn2cnnc2CCl)CCOC1. The van der Waals surface area contributed by atoms with Crippen LogP contribution in [0.4, 0.5) is 0 Å². The van der Waals surface area contributed by atoms with Gasteiger partial charge in [-0.25, -0.2) is 0 Å². The molecular weight excluding hydrogens is 218 g/mol. The standard InChI is InChI=1S/C9H14ClN3O2/c1-14-9(2-3-15-6-9)5-13-7-11-12-8(13)4-10/h7H,2-6H2,1H3. The molecule has 0 bridgehead atoms. The molecule has 1 saturated heterocycles. The Morgan fingerprint density at radius 2 is 2.60 bits per heavy atom. The summed E-state index contributed by atoms with van der Waals surface area (Å²) in [6.07, 6.45) is 2.57. The summed E-state index contributed by atoms with van der Waals surface area (Å²) in [6.45, 7) is 2.05. The molecule has 0 saturated carbocycles. The van der Waals surface area contributed by atoms with E-state index in [0.29, 0.717) is 19.0 Å². The molecule has 0 aromatic carbocycles. The second-order valence-electron chi connectivity index (χ2n) is 3.70. The number of hydrogen-bond donors (Lipinski definition) is 0. The van der Waals surface area contributed by atoms with Crippen molar-refractivity contribution in [2.24, 2.45) is 0 Å². The van der Waals surface area contributed by atoms with Gasteiger partial charge in [-0.1, -0.05) is 0 Å². The molecule has 2 rings (SSSR count). The zero-order valence-electron chi connectivity index (χ0n) is 8.65. The Labute approximate surface area is 93.3 Å². The summed E-state index contributed by atoms with van der Waals surface area (Å²) in [6, 6.07) is 0. The molecule has 1 aliphatic rings. The van der Waals surface area contributed by atoms with E-state index in [1.807, 2.05) is 4.57 Å². The fraction of sp³-hybridized carbons (Fsp3) is 0.778. The number of rotatable bonds is 4. The lowest BCUT2D eigenvalue weighted by Crippen LogP contribution is -2.37. The first-order valence-electron chi connectivity index (χ1n) is 4.85. The Hall–Kier alpha value is -0.650. The second-order valence-corrected chi connectivity index (χ2v) is 3.97. The summed E-state index contributed by atoms with van der Waals surface area (Å²) in [5.74, 6) is 1.13. The summed E-state index contributed by atoms with van der Waals surface area (Å²) < 4.78 is 12.8. The quantitative estimate of drug-likeness (QED) is 0.720. The van der Waals surface area contributed by atoms with Gasteiger partial charge in [0, 0.05) is 20.1 Å². The van der Waals surface area contributed by atoms with Gasteiger partial charge in [0.25, 0.3) is 0 Å². The summed E-state index contributed by atoms with van der Waals surface area (Å²) in [5.41, 5.74) is -0.247. The van der Waals surface area contributed by atoms with E-state index >= 15 is 0 Å². The van der Waals surface area contributed by atoms with E-state index in [-0.39, 0.29) is 5.60 Å². The number of hydrogen-bond acceptors (Lipinski definition) is 4. The number of ether oxygens (including phenoxy) is 2. The molecule has 84 valence electrons. The van der Waals surface area contributed by atoms with Crippen LogP contribution in [0, 0.1) is 0 Å². The molecule has 15 heavy (non-hydrogen) atoms. The molecule has 5 nitrogen and oxygen atoms in total. The average molecular weight is 232 g/mol. The van der Waals surface area contributed by atoms with Gasteiger partial charge in [-0.3, -0.25) is 0 Å². The van der Waals surface area contributed by atoms with E-state index < -0.39 is 0 Å². The van der Waals surface area contributed by atoms with Gasteiger partial charge in [0.1, 0.15) is 17.8 Å². The zero-order chi connectivity index (χ0) is 10.7. The molecule has 1 aliphatic heterocycles. The third-order valence-electron chi connectivity index (χ3n) is 2.77. The van der Waals surface area contributed by atoms with Gasteiger partial charge in [0.2, 0.25) is 0 Å². The van der Waals surface area contributed by atoms with Gasteiger partial charge in [-0.2, -0.15) is 0 Å². The summed E-state index contributed by atoms with van der Waals surface area (Å²) in [5, 5.41) is 7.76. The van der Waals surface area contributed by atoms with E-state index in [0.717, 1.165) is 18.9 Å². The molecular formula is C9H14ClN3O2. The van der Waals surface area contributed by atoms with E-state index in [1.165, 1.54) is 0 Å². The Bertz CT molecular complexity index is 323. The van der Waals surface area contributed by atoms with Crippen LogP contribution >= 0.6 is 11.6 Å². The molecule has 1 aromatic rings. The van der Waals surface area contributed by atoms with Gasteiger partial charge in [-0.05, 0) is 0 Å². The van der Waals surface area contributed by atoms with Crippen molar-refractivity contribution >= 4 is 11.6 Å². The van der Waals surface area contributed by atoms with Crippen LogP contribution < -0.4 is 0 Å². The average Bonchev–Trinajstić information content (AvgIpc) is 2.88. The minimum absolute atomic E-state index is 0.247. The van der Waals surface area contributed by atoms with Crippen molar-refractivity contribution in [2.45, 2.75) is 24.4 Å². The van der Waals surface area contributed by atoms with Crippen LogP contribution in [0.15, 0.2) is 6.33 Å². The van der Waals surface area contributed by atoms with Gasteiger partial charge in [0.15, 0.2) is 0 Å². The predicted molar refractivity (Wildman–Crippen MR) is 54.8 cm³/mol. The first-order chi connectivity index (χ1) is 7.29. The van der Waals surface area contributed by atoms with E-state index in [2.05, 4.69) is 10.2 Å². The van der Waals surface area contributed by atoms with E-state index in [9.17, 15) is 0 Å². The highest BCUT2D eigenvalue weighted by Gasteiger charge is 2.35. The maximum atomic E-state index is 5.75. The molecule has 0 aliphatic carbocycles. The van der Waals surface area contributed by atoms with E-state index in [4.69, 9.17) is 21.1 Å². The van der Waals surface area contributed by atoms with Gasteiger partial charge < -0.3 is 14.0 Å². The molecule has 6 heteroatoms. The lowest BCUT2D eigenvalue weighted by atomic mass is 10.0. The maximum Gasteiger partial charge on any atom is 0.147 e. The number of alkyl halides is 1. The third kappa shape index (κ3) is 2.14. The molecule has 0 N–H and O–H groups in total. The molecule has 1 aromatic heterocycles. The van der Waals surface area contributed by atoms with Gasteiger partial charge in [-0.15, -0.1) is 21.8 Å². The Morgan fingerprint density at radius 3 is 3.20 bits per heavy atom. The van der Waals surface area contributed by atoms with Crippen molar-refractivity contribution in [1.29, 1.82) is 0 Å². The predicted octanol–water partition coefficient (Wildman–Crippen LogP) is 0.822. The Kier molecular flexibility index (Phi) is 3.23. The summed E-state index contributed by atoms with van der Waals surface area (Å²) in [4.78, 5) is 0. The highest BCUT2D eigenvalue weighted by atomic mass is 35.5. The Balaban J connectivity index is 2.12. The van der Waals surface area contributed by atoms with E-state index in [1.54, 1.807) is 13.4 Å². The van der Waals surface area contributed by atoms with Crippen LogP contribution in [0.3, 0.4) is 0 Å². The third-order valence-corrected chi connectivity index (χ3v) is 3.01. The number of aromatic nitrogens is 3. The minimum Gasteiger partial charge on any atom is -0.378 e. The van der Waals surface area contributed by atoms with Crippen LogP contribution in [0.5, 0.6) is 0 Å². The highest BCUT2D eigenvalue weighted by Crippen LogP contribution is 2.25. The highest BCUT2D eigenvalue weighted by molar-refractivity contribution is 6.16. The second kappa shape index (κ2) is 4.47. The van der Waals surface area contributed by atoms with Crippen molar-refractivity contribution in [2.75, 3.05) is 20.3 Å². The van der Waals surface area contributed by atoms with Crippen LogP contribution in [0.2, 0.25) is 0 Å². The fourth-order valence-corrected chi connectivity index (χ4v) is 1.97. The van der Waals surface area contributed by atoms with Crippen molar-refractivity contribution in [3.63, 3.8) is 0 Å². The molecule has 2 heterocycles. The van der Waals surface area contributed by atoms with Crippen molar-refractivity contribution in [1.82, 2.24) is 14.8 Å². The lowest BCUT2D eigenvalue weighted by Gasteiger charge is -2.26. The van der Waals surface area contributed by atoms with Gasteiger partial charge >= 0.3 is 0 Å². The molecule has 0 amide bonds. The molecule has 1 unspecified atom stereocenters. The molecule has 1 atom stereocenters. The summed E-state index contributed by atoms with van der Waals surface area (Å²) >= 11 is 5.75. The Morgan fingerprint density at radius 1 is 1.73 bits per heavy atom. The first-order valence-corrected chi connectivity index (χ1v) is 5.39. The van der Waals surface area contributed by atoms with Gasteiger partial charge in [0.05, 0.1) is 19.0 Å².